The van der Waals surface area contributed by atoms with Crippen molar-refractivity contribution in [3.8, 4) is 11.5 Å². The van der Waals surface area contributed by atoms with Gasteiger partial charge in [0, 0.05) is 0 Å². The van der Waals surface area contributed by atoms with Gasteiger partial charge in [0.2, 0.25) is 0 Å². The zero-order valence-corrected chi connectivity index (χ0v) is 11.4. The number of methoxy groups -OCH3 is 1. The molecule has 0 saturated heterocycles. The highest BCUT2D eigenvalue weighted by Gasteiger charge is 2.22. The van der Waals surface area contributed by atoms with E-state index < -0.39 is 6.10 Å². The lowest BCUT2D eigenvalue weighted by molar-refractivity contribution is -0.151. The summed E-state index contributed by atoms with van der Waals surface area (Å²) in [6.45, 7) is 5.75. The molecule has 0 bridgehead atoms. The number of para-hydroxylation sites is 2. The first kappa shape index (κ1) is 15.1. The second-order valence-corrected chi connectivity index (χ2v) is 3.88. The third-order valence-electron chi connectivity index (χ3n) is 2.52. The van der Waals surface area contributed by atoms with Gasteiger partial charge in [-0.25, -0.2) is 4.79 Å². The van der Waals surface area contributed by atoms with E-state index in [1.165, 1.54) is 0 Å². The molecule has 0 N–H and O–H groups in total. The van der Waals surface area contributed by atoms with E-state index in [0.717, 1.165) is 0 Å². The van der Waals surface area contributed by atoms with E-state index in [1.54, 1.807) is 32.2 Å². The van der Waals surface area contributed by atoms with Gasteiger partial charge in [-0.1, -0.05) is 18.2 Å². The summed E-state index contributed by atoms with van der Waals surface area (Å²) in [5.41, 5.74) is 0. The van der Waals surface area contributed by atoms with E-state index in [0.29, 0.717) is 30.9 Å². The zero-order valence-electron chi connectivity index (χ0n) is 11.4. The number of carbonyl (C=O) groups is 1. The largest absolute Gasteiger partial charge is 0.493 e. The van der Waals surface area contributed by atoms with Gasteiger partial charge in [-0.05, 0) is 31.9 Å². The summed E-state index contributed by atoms with van der Waals surface area (Å²) in [5, 5.41) is 0. The third kappa shape index (κ3) is 4.66. The minimum absolute atomic E-state index is 0.332. The lowest BCUT2D eigenvalue weighted by atomic mass is 10.2. The molecule has 0 aromatic heterocycles. The Kier molecular flexibility index (Phi) is 6.50. The lowest BCUT2D eigenvalue weighted by Gasteiger charge is -2.18. The van der Waals surface area contributed by atoms with Crippen molar-refractivity contribution >= 4 is 5.97 Å². The summed E-state index contributed by atoms with van der Waals surface area (Å²) < 4.78 is 15.9. The number of hydrogen-bond donors (Lipinski definition) is 0. The third-order valence-corrected chi connectivity index (χ3v) is 2.52. The number of hydrogen-bond acceptors (Lipinski definition) is 4. The molecule has 1 aromatic rings. The van der Waals surface area contributed by atoms with Crippen molar-refractivity contribution in [3.63, 3.8) is 0 Å². The number of esters is 1. The van der Waals surface area contributed by atoms with E-state index >= 15 is 0 Å². The zero-order chi connectivity index (χ0) is 14.1. The molecule has 4 nitrogen and oxygen atoms in total. The van der Waals surface area contributed by atoms with E-state index in [2.05, 4.69) is 6.58 Å². The molecule has 0 amide bonds. The molecule has 104 valence electrons. The van der Waals surface area contributed by atoms with Crippen LogP contribution in [0.25, 0.3) is 0 Å². The van der Waals surface area contributed by atoms with Crippen molar-refractivity contribution in [2.24, 2.45) is 0 Å². The van der Waals surface area contributed by atoms with Crippen LogP contribution in [0.1, 0.15) is 19.8 Å². The Morgan fingerprint density at radius 3 is 2.63 bits per heavy atom. The molecule has 0 radical (unpaired) electrons. The van der Waals surface area contributed by atoms with Crippen LogP contribution in [-0.2, 0) is 9.53 Å². The Morgan fingerprint density at radius 1 is 1.37 bits per heavy atom. The van der Waals surface area contributed by atoms with Crippen molar-refractivity contribution < 1.29 is 19.0 Å². The van der Waals surface area contributed by atoms with Gasteiger partial charge in [0.15, 0.2) is 17.6 Å². The van der Waals surface area contributed by atoms with Gasteiger partial charge in [-0.3, -0.25) is 0 Å². The second kappa shape index (κ2) is 8.19. The van der Waals surface area contributed by atoms with Crippen molar-refractivity contribution in [1.82, 2.24) is 0 Å². The van der Waals surface area contributed by atoms with Crippen LogP contribution in [0.5, 0.6) is 11.5 Å². The highest BCUT2D eigenvalue weighted by molar-refractivity contribution is 5.75. The van der Waals surface area contributed by atoms with Crippen LogP contribution in [0.3, 0.4) is 0 Å². The number of rotatable bonds is 8. The first-order valence-corrected chi connectivity index (χ1v) is 6.30. The topological polar surface area (TPSA) is 44.8 Å². The van der Waals surface area contributed by atoms with E-state index in [4.69, 9.17) is 14.2 Å². The van der Waals surface area contributed by atoms with Gasteiger partial charge < -0.3 is 14.2 Å². The Balaban J connectivity index is 2.80. The summed E-state index contributed by atoms with van der Waals surface area (Å²) >= 11 is 0. The molecular weight excluding hydrogens is 244 g/mol. The first-order chi connectivity index (χ1) is 9.22. The fourth-order valence-electron chi connectivity index (χ4n) is 1.60. The fraction of sp³-hybridized carbons (Fsp3) is 0.400. The Labute approximate surface area is 114 Å². The molecule has 0 fully saturated rings. The van der Waals surface area contributed by atoms with Crippen LogP contribution >= 0.6 is 0 Å². The molecule has 1 rings (SSSR count). The summed E-state index contributed by atoms with van der Waals surface area (Å²) in [4.78, 5) is 11.8. The molecule has 0 aliphatic rings. The van der Waals surface area contributed by atoms with Gasteiger partial charge >= 0.3 is 5.97 Å². The van der Waals surface area contributed by atoms with Crippen molar-refractivity contribution in [1.29, 1.82) is 0 Å². The maximum absolute atomic E-state index is 11.8. The summed E-state index contributed by atoms with van der Waals surface area (Å²) in [7, 11) is 1.56. The molecule has 1 unspecified atom stereocenters. The molecule has 0 aliphatic carbocycles. The minimum atomic E-state index is -0.644. The summed E-state index contributed by atoms with van der Waals surface area (Å²) in [6, 6.07) is 7.21. The van der Waals surface area contributed by atoms with Crippen LogP contribution in [0.15, 0.2) is 36.9 Å². The molecule has 19 heavy (non-hydrogen) atoms. The molecule has 0 spiro atoms. The average molecular weight is 264 g/mol. The van der Waals surface area contributed by atoms with Gasteiger partial charge in [0.05, 0.1) is 13.7 Å². The maximum Gasteiger partial charge on any atom is 0.347 e. The van der Waals surface area contributed by atoms with Gasteiger partial charge in [0.1, 0.15) is 0 Å². The Bertz CT molecular complexity index is 414. The van der Waals surface area contributed by atoms with E-state index in [-0.39, 0.29) is 5.97 Å². The standard InChI is InChI=1S/C15H20O4/c1-4-6-9-14(15(16)18-5-2)19-13-11-8-7-10-12(13)17-3/h4,7-8,10-11,14H,1,5-6,9H2,2-3H3. The smallest absolute Gasteiger partial charge is 0.347 e. The van der Waals surface area contributed by atoms with Crippen LogP contribution in [-0.4, -0.2) is 25.8 Å². The number of carbonyl (C=O) groups excluding carboxylic acids is 1. The number of benzene rings is 1. The predicted octanol–water partition coefficient (Wildman–Crippen LogP) is 2.97. The molecule has 0 aliphatic heterocycles. The fourth-order valence-corrected chi connectivity index (χ4v) is 1.60. The van der Waals surface area contributed by atoms with Gasteiger partial charge in [-0.15, -0.1) is 6.58 Å². The summed E-state index contributed by atoms with van der Waals surface area (Å²) in [6.07, 6.45) is 2.31. The minimum Gasteiger partial charge on any atom is -0.493 e. The van der Waals surface area contributed by atoms with Crippen LogP contribution < -0.4 is 9.47 Å². The summed E-state index contributed by atoms with van der Waals surface area (Å²) in [5.74, 6) is 0.762. The second-order valence-electron chi connectivity index (χ2n) is 3.88. The van der Waals surface area contributed by atoms with Crippen molar-refractivity contribution in [2.75, 3.05) is 13.7 Å². The molecule has 0 heterocycles. The normalized spacial score (nSPS) is 11.5. The highest BCUT2D eigenvalue weighted by atomic mass is 16.6. The molecule has 1 aromatic carbocycles. The number of allylic oxidation sites excluding steroid dienone is 1. The lowest BCUT2D eigenvalue weighted by Crippen LogP contribution is -2.29. The molecule has 1 atom stereocenters. The number of ether oxygens (including phenoxy) is 3. The van der Waals surface area contributed by atoms with Crippen LogP contribution in [0, 0.1) is 0 Å². The van der Waals surface area contributed by atoms with E-state index in [9.17, 15) is 4.79 Å². The van der Waals surface area contributed by atoms with Gasteiger partial charge in [0.25, 0.3) is 0 Å². The quantitative estimate of drug-likeness (QED) is 0.535. The monoisotopic (exact) mass is 264 g/mol. The van der Waals surface area contributed by atoms with Crippen LogP contribution in [0.2, 0.25) is 0 Å². The van der Waals surface area contributed by atoms with Crippen LogP contribution in [0.4, 0.5) is 0 Å². The molecule has 0 saturated carbocycles. The molecular formula is C15H20O4. The maximum atomic E-state index is 11.8. The average Bonchev–Trinajstić information content (AvgIpc) is 2.44. The van der Waals surface area contributed by atoms with Gasteiger partial charge in [-0.2, -0.15) is 0 Å². The SMILES string of the molecule is C=CCCC(Oc1ccccc1OC)C(=O)OCC. The predicted molar refractivity (Wildman–Crippen MR) is 73.5 cm³/mol. The van der Waals surface area contributed by atoms with E-state index in [1.807, 2.05) is 12.1 Å². The van der Waals surface area contributed by atoms with Crippen molar-refractivity contribution in [2.45, 2.75) is 25.9 Å². The highest BCUT2D eigenvalue weighted by Crippen LogP contribution is 2.27. The Hall–Kier alpha value is -1.97. The molecule has 4 heteroatoms. The Morgan fingerprint density at radius 2 is 2.05 bits per heavy atom. The first-order valence-electron chi connectivity index (χ1n) is 6.30. The van der Waals surface area contributed by atoms with Crippen molar-refractivity contribution in [3.05, 3.63) is 36.9 Å².